The molecule has 0 aromatic carbocycles. The van der Waals surface area contributed by atoms with Crippen molar-refractivity contribution in [1.82, 2.24) is 19.9 Å². The van der Waals surface area contributed by atoms with Crippen LogP contribution in [0, 0.1) is 6.92 Å². The highest BCUT2D eigenvalue weighted by atomic mass is 32.1. The van der Waals surface area contributed by atoms with Crippen molar-refractivity contribution in [2.45, 2.75) is 25.3 Å². The molecular weight excluding hydrogens is 392 g/mol. The van der Waals surface area contributed by atoms with Gasteiger partial charge in [-0.3, -0.25) is 10.1 Å². The number of halogens is 2. The summed E-state index contributed by atoms with van der Waals surface area (Å²) in [5.41, 5.74) is 0. The Hall–Kier alpha value is -2.89. The average Bonchev–Trinajstić information content (AvgIpc) is 3.06. The van der Waals surface area contributed by atoms with Crippen LogP contribution in [-0.4, -0.2) is 64.4 Å². The number of aryl methyl sites for hydroxylation is 1. The number of thiazole rings is 1. The SMILES string of the molecule is Cc1cnc(NC(=O)N(C)C2CN(c3nccc(NC=O)n3)CCC2(F)F)s1. The van der Waals surface area contributed by atoms with Gasteiger partial charge >= 0.3 is 6.03 Å². The minimum Gasteiger partial charge on any atom is -0.338 e. The number of likely N-dealkylation sites (N-methyl/N-ethyl adjacent to an activating group) is 1. The Bertz CT molecular complexity index is 863. The number of aromatic nitrogens is 3. The van der Waals surface area contributed by atoms with E-state index in [-0.39, 0.29) is 24.9 Å². The summed E-state index contributed by atoms with van der Waals surface area (Å²) < 4.78 is 29.1. The van der Waals surface area contributed by atoms with Gasteiger partial charge in [0, 0.05) is 43.8 Å². The van der Waals surface area contributed by atoms with Crippen molar-refractivity contribution in [2.75, 3.05) is 35.7 Å². The molecule has 2 aromatic rings. The van der Waals surface area contributed by atoms with Crippen molar-refractivity contribution in [3.63, 3.8) is 0 Å². The van der Waals surface area contributed by atoms with Crippen LogP contribution in [0.5, 0.6) is 0 Å². The summed E-state index contributed by atoms with van der Waals surface area (Å²) in [6, 6.07) is -0.560. The third-order valence-corrected chi connectivity index (χ3v) is 5.18. The van der Waals surface area contributed by atoms with E-state index in [0.29, 0.717) is 11.5 Å². The molecular formula is C16H19F2N7O2S. The average molecular weight is 411 g/mol. The molecule has 0 bridgehead atoms. The van der Waals surface area contributed by atoms with Crippen LogP contribution in [0.1, 0.15) is 11.3 Å². The number of carbonyl (C=O) groups excluding carboxylic acids is 2. The Balaban J connectivity index is 1.75. The Kier molecular flexibility index (Phi) is 5.68. The number of amides is 3. The molecule has 12 heteroatoms. The van der Waals surface area contributed by atoms with Gasteiger partial charge in [0.2, 0.25) is 12.4 Å². The highest BCUT2D eigenvalue weighted by Crippen LogP contribution is 2.33. The van der Waals surface area contributed by atoms with Gasteiger partial charge < -0.3 is 15.1 Å². The summed E-state index contributed by atoms with van der Waals surface area (Å²) in [6.07, 6.45) is 3.03. The van der Waals surface area contributed by atoms with Gasteiger partial charge in [-0.15, -0.1) is 11.3 Å². The van der Waals surface area contributed by atoms with Crippen LogP contribution < -0.4 is 15.5 Å². The summed E-state index contributed by atoms with van der Waals surface area (Å²) in [5, 5.41) is 5.29. The van der Waals surface area contributed by atoms with Crippen LogP contribution in [-0.2, 0) is 4.79 Å². The second kappa shape index (κ2) is 8.00. The summed E-state index contributed by atoms with van der Waals surface area (Å²) >= 11 is 1.26. The van der Waals surface area contributed by atoms with Crippen molar-refractivity contribution < 1.29 is 18.4 Å². The number of anilines is 3. The van der Waals surface area contributed by atoms with E-state index in [1.807, 2.05) is 6.92 Å². The standard InChI is InChI=1S/C16H19F2N7O2S/c1-10-7-20-14(28-10)23-15(27)24(2)11-8-25(6-4-16(11,17)18)13-19-5-3-12(22-13)21-9-26/h3,5,7,9,11H,4,6,8H2,1-2H3,(H,20,23,27)(H,19,21,22,26). The lowest BCUT2D eigenvalue weighted by Gasteiger charge is -2.42. The lowest BCUT2D eigenvalue weighted by Crippen LogP contribution is -2.60. The lowest BCUT2D eigenvalue weighted by molar-refractivity contribution is -0.105. The van der Waals surface area contributed by atoms with Crippen LogP contribution in [0.15, 0.2) is 18.5 Å². The molecule has 150 valence electrons. The fourth-order valence-corrected chi connectivity index (χ4v) is 3.50. The molecule has 1 fully saturated rings. The quantitative estimate of drug-likeness (QED) is 0.731. The zero-order valence-electron chi connectivity index (χ0n) is 15.2. The molecule has 28 heavy (non-hydrogen) atoms. The van der Waals surface area contributed by atoms with Gasteiger partial charge in [-0.2, -0.15) is 4.98 Å². The van der Waals surface area contributed by atoms with Crippen LogP contribution in [0.25, 0.3) is 0 Å². The second-order valence-electron chi connectivity index (χ2n) is 6.29. The number of rotatable bonds is 5. The van der Waals surface area contributed by atoms with Gasteiger partial charge in [0.1, 0.15) is 11.9 Å². The highest BCUT2D eigenvalue weighted by molar-refractivity contribution is 7.15. The summed E-state index contributed by atoms with van der Waals surface area (Å²) in [7, 11) is 1.32. The molecule has 0 aliphatic carbocycles. The van der Waals surface area contributed by atoms with Crippen LogP contribution in [0.3, 0.4) is 0 Å². The Labute approximate surface area is 163 Å². The smallest absolute Gasteiger partial charge is 0.323 e. The van der Waals surface area contributed by atoms with E-state index in [4.69, 9.17) is 0 Å². The summed E-state index contributed by atoms with van der Waals surface area (Å²) in [4.78, 5) is 38.7. The number of carbonyl (C=O) groups is 2. The van der Waals surface area contributed by atoms with E-state index >= 15 is 0 Å². The van der Waals surface area contributed by atoms with Gasteiger partial charge in [-0.25, -0.2) is 23.5 Å². The van der Waals surface area contributed by atoms with Crippen LogP contribution in [0.2, 0.25) is 0 Å². The third kappa shape index (κ3) is 4.32. The van der Waals surface area contributed by atoms with E-state index in [2.05, 4.69) is 25.6 Å². The summed E-state index contributed by atoms with van der Waals surface area (Å²) in [6.45, 7) is 1.70. The normalized spacial score (nSPS) is 18.4. The topological polar surface area (TPSA) is 103 Å². The Morgan fingerprint density at radius 2 is 2.25 bits per heavy atom. The van der Waals surface area contributed by atoms with Gasteiger partial charge in [0.25, 0.3) is 5.92 Å². The molecule has 2 N–H and O–H groups in total. The van der Waals surface area contributed by atoms with Crippen molar-refractivity contribution in [3.05, 3.63) is 23.3 Å². The third-order valence-electron chi connectivity index (χ3n) is 4.35. The lowest BCUT2D eigenvalue weighted by atomic mass is 10.00. The van der Waals surface area contributed by atoms with E-state index < -0.39 is 24.4 Å². The van der Waals surface area contributed by atoms with E-state index in [1.54, 1.807) is 11.1 Å². The summed E-state index contributed by atoms with van der Waals surface area (Å²) in [5.74, 6) is -2.60. The van der Waals surface area contributed by atoms with Crippen molar-refractivity contribution in [3.8, 4) is 0 Å². The Morgan fingerprint density at radius 3 is 2.93 bits per heavy atom. The number of nitrogens with one attached hydrogen (secondary N) is 2. The molecule has 0 spiro atoms. The molecule has 1 saturated heterocycles. The van der Waals surface area contributed by atoms with Crippen molar-refractivity contribution in [2.24, 2.45) is 0 Å². The molecule has 3 rings (SSSR count). The van der Waals surface area contributed by atoms with Crippen molar-refractivity contribution >= 4 is 40.7 Å². The minimum atomic E-state index is -3.07. The first-order valence-corrected chi connectivity index (χ1v) is 9.24. The maximum absolute atomic E-state index is 14.6. The number of nitrogens with zero attached hydrogens (tertiary/aromatic N) is 5. The van der Waals surface area contributed by atoms with Gasteiger partial charge in [0.15, 0.2) is 5.13 Å². The fraction of sp³-hybridized carbons (Fsp3) is 0.438. The van der Waals surface area contributed by atoms with E-state index in [0.717, 1.165) is 9.78 Å². The van der Waals surface area contributed by atoms with Crippen molar-refractivity contribution in [1.29, 1.82) is 0 Å². The highest BCUT2D eigenvalue weighted by Gasteiger charge is 2.48. The molecule has 0 saturated carbocycles. The maximum atomic E-state index is 14.6. The number of urea groups is 1. The van der Waals surface area contributed by atoms with E-state index in [1.165, 1.54) is 30.6 Å². The molecule has 0 radical (unpaired) electrons. The molecule has 3 amide bonds. The Morgan fingerprint density at radius 1 is 1.46 bits per heavy atom. The largest absolute Gasteiger partial charge is 0.338 e. The first-order chi connectivity index (χ1) is 13.3. The maximum Gasteiger partial charge on any atom is 0.323 e. The molecule has 9 nitrogen and oxygen atoms in total. The molecule has 2 aromatic heterocycles. The zero-order valence-corrected chi connectivity index (χ0v) is 16.0. The molecule has 1 aliphatic heterocycles. The van der Waals surface area contributed by atoms with Gasteiger partial charge in [-0.05, 0) is 13.0 Å². The van der Waals surface area contributed by atoms with Crippen LogP contribution >= 0.6 is 11.3 Å². The first-order valence-electron chi connectivity index (χ1n) is 8.42. The number of hydrogen-bond acceptors (Lipinski definition) is 7. The zero-order chi connectivity index (χ0) is 20.3. The van der Waals surface area contributed by atoms with E-state index in [9.17, 15) is 18.4 Å². The number of piperidine rings is 1. The predicted octanol–water partition coefficient (Wildman–Crippen LogP) is 2.19. The monoisotopic (exact) mass is 411 g/mol. The second-order valence-corrected chi connectivity index (χ2v) is 7.53. The number of alkyl halides is 2. The minimum absolute atomic E-state index is 0.0230. The van der Waals surface area contributed by atoms with Gasteiger partial charge in [-0.1, -0.05) is 0 Å². The molecule has 3 heterocycles. The fourth-order valence-electron chi connectivity index (χ4n) is 2.85. The molecule has 1 unspecified atom stereocenters. The predicted molar refractivity (Wildman–Crippen MR) is 101 cm³/mol. The van der Waals surface area contributed by atoms with Crippen LogP contribution in [0.4, 0.5) is 30.5 Å². The number of hydrogen-bond donors (Lipinski definition) is 2. The molecule has 1 atom stereocenters. The first kappa shape index (κ1) is 19.9. The van der Waals surface area contributed by atoms with Gasteiger partial charge in [0.05, 0.1) is 0 Å². The molecule has 1 aliphatic rings.